The number of piperidine rings is 1. The normalized spacial score (nSPS) is 22.5. The topological polar surface area (TPSA) is 45.7 Å². The lowest BCUT2D eigenvalue weighted by atomic mass is 9.79. The minimum Gasteiger partial charge on any atom is -0.497 e. The molecular formula is C23H29N3O2. The molecule has 0 bridgehead atoms. The number of hydrogen-bond acceptors (Lipinski definition) is 4. The van der Waals surface area contributed by atoms with Crippen LogP contribution < -0.4 is 4.74 Å². The molecule has 148 valence electrons. The lowest BCUT2D eigenvalue weighted by molar-refractivity contribution is -0.133. The SMILES string of the molecule is COc1ccc(CN2CC[C@@]3(CCCN(C(=O)Cc4cccnc4)C3)C2)cc1. The van der Waals surface area contributed by atoms with E-state index in [9.17, 15) is 4.79 Å². The summed E-state index contributed by atoms with van der Waals surface area (Å²) < 4.78 is 5.25. The van der Waals surface area contributed by atoms with Crippen molar-refractivity contribution in [1.29, 1.82) is 0 Å². The van der Waals surface area contributed by atoms with Gasteiger partial charge in [0.2, 0.25) is 5.91 Å². The van der Waals surface area contributed by atoms with Gasteiger partial charge in [0.1, 0.15) is 5.75 Å². The Labute approximate surface area is 167 Å². The van der Waals surface area contributed by atoms with E-state index in [0.717, 1.165) is 50.5 Å². The highest BCUT2D eigenvalue weighted by Gasteiger charge is 2.42. The monoisotopic (exact) mass is 379 g/mol. The van der Waals surface area contributed by atoms with Crippen LogP contribution in [0.4, 0.5) is 0 Å². The zero-order valence-corrected chi connectivity index (χ0v) is 16.6. The number of amides is 1. The molecule has 28 heavy (non-hydrogen) atoms. The molecule has 1 amide bonds. The molecule has 1 aromatic carbocycles. The van der Waals surface area contributed by atoms with Gasteiger partial charge in [-0.15, -0.1) is 0 Å². The van der Waals surface area contributed by atoms with E-state index in [0.29, 0.717) is 6.42 Å². The van der Waals surface area contributed by atoms with E-state index < -0.39 is 0 Å². The Morgan fingerprint density at radius 3 is 2.71 bits per heavy atom. The fourth-order valence-electron chi connectivity index (χ4n) is 4.69. The van der Waals surface area contributed by atoms with E-state index in [-0.39, 0.29) is 11.3 Å². The molecule has 2 aromatic rings. The highest BCUT2D eigenvalue weighted by atomic mass is 16.5. The number of nitrogens with zero attached hydrogens (tertiary/aromatic N) is 3. The Kier molecular flexibility index (Phi) is 5.62. The molecule has 4 rings (SSSR count). The molecule has 1 spiro atoms. The van der Waals surface area contributed by atoms with Crippen LogP contribution in [-0.4, -0.2) is 54.0 Å². The molecule has 5 heteroatoms. The summed E-state index contributed by atoms with van der Waals surface area (Å²) in [6.07, 6.45) is 7.51. The van der Waals surface area contributed by atoms with Crippen molar-refractivity contribution in [3.8, 4) is 5.75 Å². The minimum atomic E-state index is 0.237. The van der Waals surface area contributed by atoms with Crippen LogP contribution in [0.15, 0.2) is 48.8 Å². The lowest BCUT2D eigenvalue weighted by Gasteiger charge is -2.40. The molecule has 1 aromatic heterocycles. The molecule has 2 saturated heterocycles. The zero-order valence-electron chi connectivity index (χ0n) is 16.6. The van der Waals surface area contributed by atoms with E-state index >= 15 is 0 Å². The third-order valence-electron chi connectivity index (χ3n) is 6.17. The van der Waals surface area contributed by atoms with E-state index in [1.165, 1.54) is 18.4 Å². The Hall–Kier alpha value is -2.40. The molecule has 0 aliphatic carbocycles. The molecule has 1 atom stereocenters. The van der Waals surface area contributed by atoms with Crippen LogP contribution in [-0.2, 0) is 17.8 Å². The van der Waals surface area contributed by atoms with Crippen LogP contribution in [0, 0.1) is 5.41 Å². The Morgan fingerprint density at radius 2 is 1.96 bits per heavy atom. The number of ether oxygens (including phenoxy) is 1. The van der Waals surface area contributed by atoms with Crippen molar-refractivity contribution in [2.24, 2.45) is 5.41 Å². The van der Waals surface area contributed by atoms with Crippen LogP contribution in [0.5, 0.6) is 5.75 Å². The van der Waals surface area contributed by atoms with Crippen LogP contribution in [0.1, 0.15) is 30.4 Å². The standard InChI is InChI=1S/C23H29N3O2/c1-28-21-7-5-19(6-8-21)16-25-13-10-23(17-25)9-3-12-26(18-23)22(27)14-20-4-2-11-24-15-20/h2,4-8,11,15H,3,9-10,12-14,16-18H2,1H3/t23-/m0/s1. The van der Waals surface area contributed by atoms with Crippen molar-refractivity contribution in [2.75, 3.05) is 33.3 Å². The number of carbonyl (C=O) groups excluding carboxylic acids is 1. The average molecular weight is 380 g/mol. The van der Waals surface area contributed by atoms with Gasteiger partial charge in [0.25, 0.3) is 0 Å². The molecule has 0 radical (unpaired) electrons. The van der Waals surface area contributed by atoms with Crippen molar-refractivity contribution >= 4 is 5.91 Å². The number of rotatable bonds is 5. The summed E-state index contributed by atoms with van der Waals surface area (Å²) in [6.45, 7) is 4.94. The second-order valence-corrected chi connectivity index (χ2v) is 8.27. The van der Waals surface area contributed by atoms with Crippen molar-refractivity contribution in [2.45, 2.75) is 32.2 Å². The van der Waals surface area contributed by atoms with Crippen molar-refractivity contribution in [3.63, 3.8) is 0 Å². The maximum absolute atomic E-state index is 12.8. The summed E-state index contributed by atoms with van der Waals surface area (Å²) >= 11 is 0. The number of likely N-dealkylation sites (tertiary alicyclic amines) is 2. The van der Waals surface area contributed by atoms with Crippen LogP contribution in [0.3, 0.4) is 0 Å². The first kappa shape index (κ1) is 18.9. The number of carbonyl (C=O) groups is 1. The zero-order chi connectivity index (χ0) is 19.4. The molecule has 2 aliphatic rings. The predicted molar refractivity (Wildman–Crippen MR) is 109 cm³/mol. The molecule has 2 aliphatic heterocycles. The van der Waals surface area contributed by atoms with Gasteiger partial charge in [0, 0.05) is 44.0 Å². The first-order chi connectivity index (χ1) is 13.7. The smallest absolute Gasteiger partial charge is 0.227 e. The van der Waals surface area contributed by atoms with E-state index in [1.807, 2.05) is 24.3 Å². The molecule has 0 N–H and O–H groups in total. The maximum Gasteiger partial charge on any atom is 0.227 e. The van der Waals surface area contributed by atoms with Gasteiger partial charge in [-0.05, 0) is 55.1 Å². The van der Waals surface area contributed by atoms with Gasteiger partial charge in [-0.1, -0.05) is 18.2 Å². The second-order valence-electron chi connectivity index (χ2n) is 8.27. The molecule has 5 nitrogen and oxygen atoms in total. The van der Waals surface area contributed by atoms with Gasteiger partial charge in [0.05, 0.1) is 13.5 Å². The first-order valence-corrected chi connectivity index (χ1v) is 10.2. The van der Waals surface area contributed by atoms with Crippen molar-refractivity contribution < 1.29 is 9.53 Å². The number of methoxy groups -OCH3 is 1. The highest BCUT2D eigenvalue weighted by Crippen LogP contribution is 2.39. The first-order valence-electron chi connectivity index (χ1n) is 10.2. The molecule has 2 fully saturated rings. The Bertz CT molecular complexity index is 793. The summed E-state index contributed by atoms with van der Waals surface area (Å²) in [5, 5.41) is 0. The van der Waals surface area contributed by atoms with Gasteiger partial charge in [0.15, 0.2) is 0 Å². The summed E-state index contributed by atoms with van der Waals surface area (Å²) in [6, 6.07) is 12.2. The molecular weight excluding hydrogens is 350 g/mol. The minimum absolute atomic E-state index is 0.237. The fraction of sp³-hybridized carbons (Fsp3) is 0.478. The van der Waals surface area contributed by atoms with E-state index in [2.05, 4.69) is 26.9 Å². The number of hydrogen-bond donors (Lipinski definition) is 0. The summed E-state index contributed by atoms with van der Waals surface area (Å²) in [5.41, 5.74) is 2.58. The van der Waals surface area contributed by atoms with Gasteiger partial charge in [-0.25, -0.2) is 0 Å². The fourth-order valence-corrected chi connectivity index (χ4v) is 4.69. The second kappa shape index (κ2) is 8.31. The van der Waals surface area contributed by atoms with Crippen molar-refractivity contribution in [3.05, 3.63) is 59.9 Å². The van der Waals surface area contributed by atoms with E-state index in [4.69, 9.17) is 4.74 Å². The Balaban J connectivity index is 1.35. The molecule has 0 saturated carbocycles. The highest BCUT2D eigenvalue weighted by molar-refractivity contribution is 5.78. The third-order valence-corrected chi connectivity index (χ3v) is 6.17. The van der Waals surface area contributed by atoms with E-state index in [1.54, 1.807) is 19.5 Å². The third kappa shape index (κ3) is 4.36. The Morgan fingerprint density at radius 1 is 1.11 bits per heavy atom. The maximum atomic E-state index is 12.8. The van der Waals surface area contributed by atoms with Crippen LogP contribution in [0.2, 0.25) is 0 Å². The average Bonchev–Trinajstić information content (AvgIpc) is 3.10. The summed E-state index contributed by atoms with van der Waals surface area (Å²) in [4.78, 5) is 21.6. The number of aromatic nitrogens is 1. The molecule has 3 heterocycles. The number of benzene rings is 1. The number of pyridine rings is 1. The van der Waals surface area contributed by atoms with Crippen LogP contribution >= 0.6 is 0 Å². The largest absolute Gasteiger partial charge is 0.497 e. The molecule has 0 unspecified atom stereocenters. The van der Waals surface area contributed by atoms with Crippen molar-refractivity contribution in [1.82, 2.24) is 14.8 Å². The summed E-state index contributed by atoms with van der Waals surface area (Å²) in [5.74, 6) is 1.14. The van der Waals surface area contributed by atoms with Crippen LogP contribution in [0.25, 0.3) is 0 Å². The predicted octanol–water partition coefficient (Wildman–Crippen LogP) is 3.15. The lowest BCUT2D eigenvalue weighted by Crippen LogP contribution is -2.47. The van der Waals surface area contributed by atoms with Gasteiger partial charge >= 0.3 is 0 Å². The summed E-state index contributed by atoms with van der Waals surface area (Å²) in [7, 11) is 1.70. The quantitative estimate of drug-likeness (QED) is 0.801. The van der Waals surface area contributed by atoms with Gasteiger partial charge in [-0.2, -0.15) is 0 Å². The van der Waals surface area contributed by atoms with Gasteiger partial charge < -0.3 is 9.64 Å². The van der Waals surface area contributed by atoms with Gasteiger partial charge in [-0.3, -0.25) is 14.7 Å².